The number of likely N-dealkylation sites (N-methyl/N-ethyl adjacent to an activating group) is 1. The van der Waals surface area contributed by atoms with Crippen LogP contribution in [-0.2, 0) is 67.2 Å². The Kier molecular flexibility index (Phi) is 19.4. The number of rotatable bonds is 19. The Morgan fingerprint density at radius 3 is 2.49 bits per heavy atom. The van der Waals surface area contributed by atoms with Crippen molar-refractivity contribution in [2.75, 3.05) is 45.6 Å². The molecule has 0 saturated carbocycles. The van der Waals surface area contributed by atoms with Crippen molar-refractivity contribution < 1.29 is 62.3 Å². The monoisotopic (exact) mass is 1100 g/mol. The van der Waals surface area contributed by atoms with Gasteiger partial charge in [-0.3, -0.25) is 34.1 Å². The third-order valence-electron chi connectivity index (χ3n) is 14.2. The number of carbonyl (C=O) groups is 6. The molecular formula is C52H72ClN7O13S2. The number of anilines is 1. The number of alkyl carbamates (subject to hydrolysis) is 1. The number of carbonyl (C=O) groups excluding carboxylic acids is 6. The highest BCUT2D eigenvalue weighted by Crippen LogP contribution is 2.49. The number of aryl methyl sites for hydroxylation is 1. The number of amides is 5. The van der Waals surface area contributed by atoms with Gasteiger partial charge in [0.05, 0.1) is 43.7 Å². The van der Waals surface area contributed by atoms with Crippen LogP contribution in [-0.4, -0.2) is 158 Å². The summed E-state index contributed by atoms with van der Waals surface area (Å²) in [7, 11) is 9.22. The van der Waals surface area contributed by atoms with Crippen LogP contribution < -0.4 is 15.0 Å². The zero-order valence-corrected chi connectivity index (χ0v) is 47.3. The molecule has 0 radical (unpaired) electrons. The van der Waals surface area contributed by atoms with Gasteiger partial charge in [0.2, 0.25) is 11.8 Å². The van der Waals surface area contributed by atoms with E-state index in [-0.39, 0.29) is 53.3 Å². The van der Waals surface area contributed by atoms with Crippen molar-refractivity contribution in [3.8, 4) is 5.75 Å². The van der Waals surface area contributed by atoms with Gasteiger partial charge in [0.15, 0.2) is 5.72 Å². The van der Waals surface area contributed by atoms with Gasteiger partial charge >= 0.3 is 12.1 Å². The van der Waals surface area contributed by atoms with Crippen molar-refractivity contribution in [3.05, 3.63) is 70.6 Å². The van der Waals surface area contributed by atoms with Crippen LogP contribution in [0.15, 0.2) is 54.3 Å². The Hall–Kier alpha value is -4.97. The second-order valence-electron chi connectivity index (χ2n) is 21.0. The summed E-state index contributed by atoms with van der Waals surface area (Å²) in [6, 6.07) is 2.53. The number of ether oxygens (including phenoxy) is 6. The summed E-state index contributed by atoms with van der Waals surface area (Å²) in [6.07, 6.45) is 6.39. The van der Waals surface area contributed by atoms with Gasteiger partial charge in [0, 0.05) is 75.8 Å². The Labute approximate surface area is 451 Å². The predicted octanol–water partition coefficient (Wildman–Crippen LogP) is 6.36. The van der Waals surface area contributed by atoms with Gasteiger partial charge in [-0.25, -0.2) is 9.59 Å². The number of imide groups is 1. The van der Waals surface area contributed by atoms with Gasteiger partial charge < -0.3 is 43.3 Å². The van der Waals surface area contributed by atoms with E-state index in [1.807, 2.05) is 26.8 Å². The fourth-order valence-electron chi connectivity index (χ4n) is 9.06. The standard InChI is InChI=1S/C52H72ClN7O13S2/c1-31-14-13-15-39(69-12)52(67)28-38(71-48(66)54-52)32(2)46-51(8,73-46)40(27-44(64)58(10)36-25-34(24-31)26-37(68-11)45(36)53)72-47(65)33(3)57(9)41(61)18-23-74-75-50(6,7)20-22-70-49(4,5)19-21-59-29-35(55-56-59)30-60-42(62)16-17-43(60)63/h13-17,25-26,29,32-33,38-40,46,67H,18-24,27-28,30H2,1-12H3,(H,54,66)/b15-13+,31-14+/t32-,33+,38+,39-,40+,46+,51+,52+/m1/s1. The summed E-state index contributed by atoms with van der Waals surface area (Å²) in [4.78, 5) is 82.8. The van der Waals surface area contributed by atoms with Crippen molar-refractivity contribution in [3.63, 3.8) is 0 Å². The van der Waals surface area contributed by atoms with Crippen molar-refractivity contribution in [1.29, 1.82) is 0 Å². The number of epoxide rings is 1. The minimum Gasteiger partial charge on any atom is -0.495 e. The van der Waals surface area contributed by atoms with E-state index < -0.39 is 71.3 Å². The molecule has 1 aromatic carbocycles. The first-order valence-electron chi connectivity index (χ1n) is 24.9. The molecule has 0 aliphatic carbocycles. The molecule has 4 aliphatic heterocycles. The van der Waals surface area contributed by atoms with E-state index in [0.29, 0.717) is 48.9 Å². The van der Waals surface area contributed by atoms with Crippen LogP contribution in [0.3, 0.4) is 0 Å². The number of methoxy groups -OCH3 is 2. The smallest absolute Gasteiger partial charge is 0.409 e. The fourth-order valence-corrected chi connectivity index (χ4v) is 11.9. The maximum Gasteiger partial charge on any atom is 0.409 e. The van der Waals surface area contributed by atoms with E-state index >= 15 is 0 Å². The van der Waals surface area contributed by atoms with Crippen LogP contribution in [0.1, 0.15) is 98.8 Å². The second-order valence-corrected chi connectivity index (χ2v) is 24.5. The lowest BCUT2D eigenvalue weighted by Gasteiger charge is -2.42. The van der Waals surface area contributed by atoms with Gasteiger partial charge in [-0.05, 0) is 85.4 Å². The van der Waals surface area contributed by atoms with Crippen molar-refractivity contribution >= 4 is 74.6 Å². The number of benzene rings is 1. The minimum atomic E-state index is -1.86. The zero-order valence-electron chi connectivity index (χ0n) is 44.9. The summed E-state index contributed by atoms with van der Waals surface area (Å²) >= 11 is 6.83. The number of esters is 1. The largest absolute Gasteiger partial charge is 0.495 e. The summed E-state index contributed by atoms with van der Waals surface area (Å²) in [5.74, 6) is -1.97. The molecule has 0 spiro atoms. The van der Waals surface area contributed by atoms with Crippen LogP contribution in [0.5, 0.6) is 5.75 Å². The lowest BCUT2D eigenvalue weighted by atomic mass is 9.83. The third-order valence-corrected chi connectivity index (χ3v) is 17.9. The SMILES string of the molecule is COc1cc2cc(c1Cl)N(C)C(=O)C[C@H](OC(=O)[C@H](C)N(C)C(=O)CCSSC(C)(C)CCOC(C)(C)CCn1cc(CN3C(=O)C=CC3=O)nn1)[C@]1(C)O[C@H]1[C@H](C)[C@@H]1C[C@@](O)(NC(=O)O1)[C@H](OC)/C=C/C=C(\C)C2. The number of hydrogen-bond acceptors (Lipinski definition) is 17. The Balaban J connectivity index is 1.05. The molecule has 8 atom stereocenters. The predicted molar refractivity (Wildman–Crippen MR) is 284 cm³/mol. The number of nitrogens with zero attached hydrogens (tertiary/aromatic N) is 6. The van der Waals surface area contributed by atoms with E-state index in [1.54, 1.807) is 84.6 Å². The van der Waals surface area contributed by atoms with Gasteiger partial charge in [-0.1, -0.05) is 69.1 Å². The molecule has 20 nitrogen and oxygen atoms in total. The van der Waals surface area contributed by atoms with Crippen LogP contribution in [0.25, 0.3) is 0 Å². The molecule has 4 bridgehead atoms. The molecule has 1 aromatic heterocycles. The van der Waals surface area contributed by atoms with E-state index in [1.165, 1.54) is 43.2 Å². The molecule has 75 heavy (non-hydrogen) atoms. The Morgan fingerprint density at radius 2 is 1.81 bits per heavy atom. The Morgan fingerprint density at radius 1 is 1.11 bits per heavy atom. The van der Waals surface area contributed by atoms with E-state index in [9.17, 15) is 33.9 Å². The number of halogens is 1. The van der Waals surface area contributed by atoms with Gasteiger partial charge in [0.25, 0.3) is 11.8 Å². The summed E-state index contributed by atoms with van der Waals surface area (Å²) in [5, 5.41) is 22.9. The van der Waals surface area contributed by atoms with Crippen molar-refractivity contribution in [2.45, 2.75) is 159 Å². The topological polar surface area (TPSA) is 234 Å². The first-order valence-corrected chi connectivity index (χ1v) is 27.6. The zero-order chi connectivity index (χ0) is 55.2. The molecule has 2 N–H and O–H groups in total. The molecule has 2 fully saturated rings. The highest BCUT2D eigenvalue weighted by molar-refractivity contribution is 8.77. The lowest BCUT2D eigenvalue weighted by Crippen LogP contribution is -2.63. The van der Waals surface area contributed by atoms with Crippen LogP contribution in [0, 0.1) is 5.92 Å². The maximum absolute atomic E-state index is 14.4. The number of aromatic nitrogens is 3. The van der Waals surface area contributed by atoms with Crippen molar-refractivity contribution in [2.24, 2.45) is 5.92 Å². The first-order chi connectivity index (χ1) is 35.2. The molecule has 412 valence electrons. The highest BCUT2D eigenvalue weighted by Gasteiger charge is 2.64. The molecule has 2 saturated heterocycles. The normalized spacial score (nSPS) is 27.0. The molecule has 23 heteroatoms. The lowest BCUT2D eigenvalue weighted by molar-refractivity contribution is -0.162. The molecule has 5 amide bonds. The number of fused-ring (bicyclic) bond motifs is 5. The average Bonchev–Trinajstić information content (AvgIpc) is 3.66. The van der Waals surface area contributed by atoms with E-state index in [0.717, 1.165) is 22.5 Å². The average molecular weight is 1100 g/mol. The van der Waals surface area contributed by atoms with Crippen LogP contribution >= 0.6 is 33.2 Å². The fraction of sp³-hybridized carbons (Fsp3) is 0.615. The molecule has 5 heterocycles. The molecular weight excluding hydrogens is 1030 g/mol. The summed E-state index contributed by atoms with van der Waals surface area (Å²) < 4.78 is 37.3. The quantitative estimate of drug-likeness (QED) is 0.0512. The Bertz CT molecular complexity index is 2540. The number of nitrogens with one attached hydrogen (secondary N) is 1. The summed E-state index contributed by atoms with van der Waals surface area (Å²) in [6.45, 7) is 16.3. The molecule has 4 aliphatic rings. The highest BCUT2D eigenvalue weighted by atomic mass is 35.5. The van der Waals surface area contributed by atoms with Gasteiger partial charge in [-0.2, -0.15) is 0 Å². The third kappa shape index (κ3) is 15.0. The molecule has 0 unspecified atom stereocenters. The minimum absolute atomic E-state index is 0.0587. The summed E-state index contributed by atoms with van der Waals surface area (Å²) in [5.41, 5.74) is -1.01. The molecule has 2 aromatic rings. The number of allylic oxidation sites excluding steroid dienone is 3. The van der Waals surface area contributed by atoms with E-state index in [2.05, 4.69) is 29.5 Å². The number of aliphatic hydroxyl groups is 1. The van der Waals surface area contributed by atoms with Gasteiger partial charge in [-0.15, -0.1) is 5.10 Å². The second kappa shape index (κ2) is 24.6. The maximum atomic E-state index is 14.4. The van der Waals surface area contributed by atoms with Gasteiger partial charge in [0.1, 0.15) is 46.4 Å². The van der Waals surface area contributed by atoms with E-state index in [4.69, 9.17) is 40.0 Å². The molecule has 6 rings (SSSR count). The van der Waals surface area contributed by atoms with Crippen LogP contribution in [0.2, 0.25) is 5.02 Å². The number of hydrogen-bond donors (Lipinski definition) is 2. The van der Waals surface area contributed by atoms with Crippen LogP contribution in [0.4, 0.5) is 10.5 Å². The van der Waals surface area contributed by atoms with Crippen molar-refractivity contribution in [1.82, 2.24) is 30.1 Å². The first kappa shape index (κ1) is 59.3.